The normalized spacial score (nSPS) is 16.6. The maximum atomic E-state index is 15.9. The molecule has 3 aromatic carbocycles. The van der Waals surface area contributed by atoms with Crippen molar-refractivity contribution in [2.75, 3.05) is 31.6 Å². The molecule has 1 unspecified atom stereocenters. The Morgan fingerprint density at radius 3 is 2.37 bits per heavy atom. The summed E-state index contributed by atoms with van der Waals surface area (Å²) in [6, 6.07) is 11.6. The Labute approximate surface area is 286 Å². The number of carbonyl (C=O) groups is 1. The van der Waals surface area contributed by atoms with Crippen molar-refractivity contribution in [1.82, 2.24) is 14.3 Å². The molecule has 4 aromatic rings. The number of carbonyl (C=O) groups excluding carboxylic acids is 1. The number of methoxy groups -OCH3 is 2. The summed E-state index contributed by atoms with van der Waals surface area (Å²) >= 11 is 0.747. The lowest BCUT2D eigenvalue weighted by Crippen LogP contribution is -2.49. The van der Waals surface area contributed by atoms with Crippen molar-refractivity contribution in [2.24, 2.45) is 0 Å². The number of likely N-dealkylation sites (tertiary alicyclic amines) is 1. The molecule has 262 valence electrons. The SMILES string of the molecule is COc1ccc(CN(c2ncns2)S(=O)(=O)c2cc(F)c(O[C@@H]3CN(C(=O)OC(C)(C)C)CCC3c3ccc(F)cc3)cc2F)c(OC)c1. The lowest BCUT2D eigenvalue weighted by Gasteiger charge is -2.39. The fourth-order valence-electron chi connectivity index (χ4n) is 5.37. The van der Waals surface area contributed by atoms with E-state index in [1.807, 2.05) is 0 Å². The van der Waals surface area contributed by atoms with Crippen molar-refractivity contribution >= 4 is 32.8 Å². The van der Waals surface area contributed by atoms with Crippen LogP contribution in [0.2, 0.25) is 0 Å². The lowest BCUT2D eigenvalue weighted by atomic mass is 9.87. The summed E-state index contributed by atoms with van der Waals surface area (Å²) in [5, 5.41) is -0.0930. The van der Waals surface area contributed by atoms with Gasteiger partial charge in [0.1, 0.15) is 46.1 Å². The van der Waals surface area contributed by atoms with Crippen LogP contribution in [0.3, 0.4) is 0 Å². The largest absolute Gasteiger partial charge is 0.497 e. The summed E-state index contributed by atoms with van der Waals surface area (Å²) in [7, 11) is -1.92. The number of hydrogen-bond donors (Lipinski definition) is 0. The third-order valence-electron chi connectivity index (χ3n) is 7.71. The van der Waals surface area contributed by atoms with Gasteiger partial charge in [-0.3, -0.25) is 0 Å². The van der Waals surface area contributed by atoms with Crippen molar-refractivity contribution in [3.63, 3.8) is 0 Å². The molecule has 11 nitrogen and oxygen atoms in total. The number of benzene rings is 3. The molecule has 0 radical (unpaired) electrons. The first kappa shape index (κ1) is 35.7. The highest BCUT2D eigenvalue weighted by molar-refractivity contribution is 7.93. The number of sulfonamides is 1. The van der Waals surface area contributed by atoms with Gasteiger partial charge in [-0.1, -0.05) is 12.1 Å². The van der Waals surface area contributed by atoms with Gasteiger partial charge < -0.3 is 23.8 Å². The predicted molar refractivity (Wildman–Crippen MR) is 175 cm³/mol. The van der Waals surface area contributed by atoms with Crippen LogP contribution in [0, 0.1) is 17.5 Å². The van der Waals surface area contributed by atoms with Crippen molar-refractivity contribution < 1.29 is 45.3 Å². The standard InChI is InChI=1S/C33H35F3N4O7S2/c1-33(2,3)47-32(41)39-13-12-24(20-6-9-22(34)10-7-20)29(18-39)46-28-15-26(36)30(16-25(28)35)49(42,43)40(31-37-19-38-48-31)17-21-8-11-23(44-4)14-27(21)45-5/h6-11,14-16,19,24,29H,12-13,17-18H2,1-5H3/t24?,29-/m1/s1. The molecule has 0 aliphatic carbocycles. The van der Waals surface area contributed by atoms with Gasteiger partial charge >= 0.3 is 6.09 Å². The zero-order valence-corrected chi connectivity index (χ0v) is 29.0. The number of aromatic nitrogens is 2. The second-order valence-corrected chi connectivity index (χ2v) is 14.7. The zero-order chi connectivity index (χ0) is 35.5. The molecule has 1 aliphatic rings. The summed E-state index contributed by atoms with van der Waals surface area (Å²) in [6.07, 6.45) is -0.0534. The first-order valence-corrected chi connectivity index (χ1v) is 17.3. The number of ether oxygens (including phenoxy) is 4. The van der Waals surface area contributed by atoms with Gasteiger partial charge in [0.2, 0.25) is 5.13 Å². The van der Waals surface area contributed by atoms with Gasteiger partial charge in [0, 0.05) is 47.8 Å². The summed E-state index contributed by atoms with van der Waals surface area (Å²) in [5.74, 6) is -3.16. The first-order chi connectivity index (χ1) is 23.2. The van der Waals surface area contributed by atoms with Gasteiger partial charge in [0.15, 0.2) is 11.6 Å². The maximum absolute atomic E-state index is 15.9. The zero-order valence-electron chi connectivity index (χ0n) is 27.4. The second kappa shape index (κ2) is 14.5. The Morgan fingerprint density at radius 1 is 1.00 bits per heavy atom. The van der Waals surface area contributed by atoms with E-state index in [0.717, 1.165) is 22.2 Å². The van der Waals surface area contributed by atoms with Gasteiger partial charge in [-0.15, -0.1) is 0 Å². The van der Waals surface area contributed by atoms with E-state index in [4.69, 9.17) is 18.9 Å². The average Bonchev–Trinajstić information content (AvgIpc) is 3.59. The third-order valence-corrected chi connectivity index (χ3v) is 10.3. The van der Waals surface area contributed by atoms with Gasteiger partial charge in [0.25, 0.3) is 10.0 Å². The highest BCUT2D eigenvalue weighted by Gasteiger charge is 2.38. The minimum atomic E-state index is -4.78. The first-order valence-electron chi connectivity index (χ1n) is 15.1. The number of anilines is 1. The molecule has 49 heavy (non-hydrogen) atoms. The molecule has 0 saturated carbocycles. The topological polar surface area (TPSA) is 120 Å². The molecule has 1 saturated heterocycles. The molecular formula is C33H35F3N4O7S2. The van der Waals surface area contributed by atoms with Gasteiger partial charge in [-0.25, -0.2) is 35.7 Å². The fourth-order valence-corrected chi connectivity index (χ4v) is 7.56. The Kier molecular flexibility index (Phi) is 10.6. The number of rotatable bonds is 10. The minimum Gasteiger partial charge on any atom is -0.497 e. The Balaban J connectivity index is 1.47. The van der Waals surface area contributed by atoms with Gasteiger partial charge in [0.05, 0.1) is 27.3 Å². The molecule has 0 bridgehead atoms. The average molecular weight is 721 g/mol. The van der Waals surface area contributed by atoms with E-state index in [1.54, 1.807) is 51.1 Å². The van der Waals surface area contributed by atoms with Crippen molar-refractivity contribution in [1.29, 1.82) is 0 Å². The van der Waals surface area contributed by atoms with Crippen LogP contribution in [0.15, 0.2) is 65.8 Å². The van der Waals surface area contributed by atoms with Crippen LogP contribution in [0.25, 0.3) is 0 Å². The second-order valence-electron chi connectivity index (χ2n) is 12.2. The number of nitrogens with zero attached hydrogens (tertiary/aromatic N) is 4. The van der Waals surface area contributed by atoms with Crippen LogP contribution in [-0.2, 0) is 21.3 Å². The lowest BCUT2D eigenvalue weighted by molar-refractivity contribution is 0.00280. The Hall–Kier alpha value is -4.57. The fraction of sp³-hybridized carbons (Fsp3) is 0.364. The monoisotopic (exact) mass is 720 g/mol. The minimum absolute atomic E-state index is 0.0629. The van der Waals surface area contributed by atoms with Crippen LogP contribution in [-0.4, -0.2) is 67.8 Å². The van der Waals surface area contributed by atoms with Crippen molar-refractivity contribution in [2.45, 2.75) is 56.3 Å². The summed E-state index contributed by atoms with van der Waals surface area (Å²) in [6.45, 7) is 5.01. The van der Waals surface area contributed by atoms with Crippen LogP contribution in [0.4, 0.5) is 23.1 Å². The molecule has 1 fully saturated rings. The van der Waals surface area contributed by atoms with E-state index in [0.29, 0.717) is 41.2 Å². The number of amides is 1. The third kappa shape index (κ3) is 8.19. The maximum Gasteiger partial charge on any atom is 0.410 e. The van der Waals surface area contributed by atoms with Crippen LogP contribution in [0.5, 0.6) is 17.2 Å². The number of hydrogen-bond acceptors (Lipinski definition) is 10. The number of halogens is 3. The highest BCUT2D eigenvalue weighted by Crippen LogP contribution is 2.37. The quantitative estimate of drug-likeness (QED) is 0.180. The smallest absolute Gasteiger partial charge is 0.410 e. The van der Waals surface area contributed by atoms with E-state index >= 15 is 8.78 Å². The molecule has 1 aromatic heterocycles. The van der Waals surface area contributed by atoms with E-state index in [-0.39, 0.29) is 24.8 Å². The molecule has 2 atom stereocenters. The molecular weight excluding hydrogens is 686 g/mol. The van der Waals surface area contributed by atoms with Crippen LogP contribution in [0.1, 0.15) is 44.2 Å². The molecule has 16 heteroatoms. The van der Waals surface area contributed by atoms with Crippen LogP contribution < -0.4 is 18.5 Å². The molecule has 2 heterocycles. The Morgan fingerprint density at radius 2 is 1.73 bits per heavy atom. The summed E-state index contributed by atoms with van der Waals surface area (Å²) in [5.41, 5.74) is 0.275. The predicted octanol–water partition coefficient (Wildman–Crippen LogP) is 6.54. The highest BCUT2D eigenvalue weighted by atomic mass is 32.2. The molecule has 0 spiro atoms. The molecule has 1 amide bonds. The number of piperidine rings is 1. The molecule has 0 N–H and O–H groups in total. The summed E-state index contributed by atoms with van der Waals surface area (Å²) in [4.78, 5) is 17.4. The Bertz CT molecular complexity index is 1890. The van der Waals surface area contributed by atoms with E-state index in [2.05, 4.69) is 9.36 Å². The summed E-state index contributed by atoms with van der Waals surface area (Å²) < 4.78 is 100. The van der Waals surface area contributed by atoms with Crippen LogP contribution >= 0.6 is 11.5 Å². The van der Waals surface area contributed by atoms with Gasteiger partial charge in [-0.2, -0.15) is 4.37 Å². The van der Waals surface area contributed by atoms with E-state index < -0.39 is 61.8 Å². The van der Waals surface area contributed by atoms with Crippen molar-refractivity contribution in [3.05, 3.63) is 89.5 Å². The van der Waals surface area contributed by atoms with E-state index in [9.17, 15) is 17.6 Å². The molecule has 1 aliphatic heterocycles. The van der Waals surface area contributed by atoms with Gasteiger partial charge in [-0.05, 0) is 57.0 Å². The molecule has 5 rings (SSSR count). The van der Waals surface area contributed by atoms with E-state index in [1.165, 1.54) is 31.3 Å². The van der Waals surface area contributed by atoms with Crippen molar-refractivity contribution in [3.8, 4) is 17.2 Å².